The van der Waals surface area contributed by atoms with E-state index in [-0.39, 0.29) is 5.91 Å². The molecule has 0 aliphatic rings. The second-order valence-electron chi connectivity index (χ2n) is 3.15. The van der Waals surface area contributed by atoms with Crippen LogP contribution in [0.15, 0.2) is 28.7 Å². The molecule has 0 fully saturated rings. The summed E-state index contributed by atoms with van der Waals surface area (Å²) in [5, 5.41) is 2.82. The Labute approximate surface area is 97.9 Å². The van der Waals surface area contributed by atoms with E-state index in [1.807, 2.05) is 24.3 Å². The summed E-state index contributed by atoms with van der Waals surface area (Å²) in [7, 11) is 1.63. The normalized spacial score (nSPS) is 10.0. The van der Waals surface area contributed by atoms with Gasteiger partial charge in [-0.15, -0.1) is 0 Å². The van der Waals surface area contributed by atoms with Crippen molar-refractivity contribution in [2.75, 3.05) is 19.0 Å². The molecule has 0 bridgehead atoms. The number of rotatable bonds is 5. The fourth-order valence-corrected chi connectivity index (χ4v) is 1.57. The van der Waals surface area contributed by atoms with Crippen LogP contribution in [0.1, 0.15) is 12.8 Å². The molecule has 0 aliphatic heterocycles. The Kier molecular flexibility index (Phi) is 5.36. The minimum atomic E-state index is 0.0187. The van der Waals surface area contributed by atoms with Crippen molar-refractivity contribution in [3.8, 4) is 0 Å². The van der Waals surface area contributed by atoms with Crippen molar-refractivity contribution in [1.82, 2.24) is 0 Å². The second kappa shape index (κ2) is 6.58. The average Bonchev–Trinajstić information content (AvgIpc) is 2.18. The molecule has 0 atom stereocenters. The van der Waals surface area contributed by atoms with E-state index in [4.69, 9.17) is 4.74 Å². The van der Waals surface area contributed by atoms with Gasteiger partial charge in [0.1, 0.15) is 0 Å². The van der Waals surface area contributed by atoms with Gasteiger partial charge in [0.2, 0.25) is 5.91 Å². The lowest BCUT2D eigenvalue weighted by Gasteiger charge is -2.05. The lowest BCUT2D eigenvalue weighted by molar-refractivity contribution is -0.116. The number of hydrogen-bond donors (Lipinski definition) is 1. The van der Waals surface area contributed by atoms with Crippen LogP contribution in [0.4, 0.5) is 5.69 Å². The Balaban J connectivity index is 2.37. The standard InChI is InChI=1S/C11H14BrNO2/c1-15-7-3-6-11(14)13-10-5-2-4-9(12)8-10/h2,4-5,8H,3,6-7H2,1H3,(H,13,14). The van der Waals surface area contributed by atoms with Crippen LogP contribution in [-0.2, 0) is 9.53 Å². The molecule has 1 rings (SSSR count). The SMILES string of the molecule is COCCCC(=O)Nc1cccc(Br)c1. The summed E-state index contributed by atoms with van der Waals surface area (Å²) in [6.45, 7) is 0.617. The molecule has 15 heavy (non-hydrogen) atoms. The average molecular weight is 272 g/mol. The Bertz CT molecular complexity index is 328. The molecule has 3 nitrogen and oxygen atoms in total. The lowest BCUT2D eigenvalue weighted by atomic mass is 10.3. The van der Waals surface area contributed by atoms with Gasteiger partial charge in [-0.3, -0.25) is 4.79 Å². The predicted octanol–water partition coefficient (Wildman–Crippen LogP) is 2.81. The fourth-order valence-electron chi connectivity index (χ4n) is 1.17. The van der Waals surface area contributed by atoms with E-state index < -0.39 is 0 Å². The predicted molar refractivity (Wildman–Crippen MR) is 63.9 cm³/mol. The molecule has 82 valence electrons. The van der Waals surface area contributed by atoms with Crippen LogP contribution in [-0.4, -0.2) is 19.6 Å². The molecule has 1 N–H and O–H groups in total. The number of halogens is 1. The van der Waals surface area contributed by atoms with Crippen LogP contribution in [0, 0.1) is 0 Å². The van der Waals surface area contributed by atoms with Crippen molar-refractivity contribution in [2.45, 2.75) is 12.8 Å². The summed E-state index contributed by atoms with van der Waals surface area (Å²) < 4.78 is 5.83. The number of hydrogen-bond acceptors (Lipinski definition) is 2. The van der Waals surface area contributed by atoms with Crippen molar-refractivity contribution in [2.24, 2.45) is 0 Å². The zero-order valence-corrected chi connectivity index (χ0v) is 10.2. The van der Waals surface area contributed by atoms with Crippen molar-refractivity contribution in [3.05, 3.63) is 28.7 Å². The van der Waals surface area contributed by atoms with Gasteiger partial charge in [-0.25, -0.2) is 0 Å². The number of anilines is 1. The highest BCUT2D eigenvalue weighted by atomic mass is 79.9. The van der Waals surface area contributed by atoms with Gasteiger partial charge in [0, 0.05) is 30.3 Å². The van der Waals surface area contributed by atoms with Gasteiger partial charge in [-0.1, -0.05) is 22.0 Å². The molecular weight excluding hydrogens is 258 g/mol. The first kappa shape index (κ1) is 12.2. The van der Waals surface area contributed by atoms with Crippen LogP contribution in [0.25, 0.3) is 0 Å². The quantitative estimate of drug-likeness (QED) is 0.837. The van der Waals surface area contributed by atoms with E-state index in [0.717, 1.165) is 16.6 Å². The van der Waals surface area contributed by atoms with Crippen LogP contribution in [0.5, 0.6) is 0 Å². The molecule has 1 aromatic rings. The molecular formula is C11H14BrNO2. The van der Waals surface area contributed by atoms with Gasteiger partial charge in [0.05, 0.1) is 0 Å². The van der Waals surface area contributed by atoms with Crippen molar-refractivity contribution in [1.29, 1.82) is 0 Å². The molecule has 1 aromatic carbocycles. The molecule has 0 heterocycles. The van der Waals surface area contributed by atoms with Crippen LogP contribution in [0.2, 0.25) is 0 Å². The largest absolute Gasteiger partial charge is 0.385 e. The van der Waals surface area contributed by atoms with Crippen LogP contribution < -0.4 is 5.32 Å². The van der Waals surface area contributed by atoms with Crippen LogP contribution >= 0.6 is 15.9 Å². The third-order valence-corrected chi connectivity index (χ3v) is 2.35. The highest BCUT2D eigenvalue weighted by Crippen LogP contribution is 2.15. The summed E-state index contributed by atoms with van der Waals surface area (Å²) in [4.78, 5) is 11.4. The smallest absolute Gasteiger partial charge is 0.224 e. The number of ether oxygens (including phenoxy) is 1. The van der Waals surface area contributed by atoms with Gasteiger partial charge in [0.25, 0.3) is 0 Å². The maximum Gasteiger partial charge on any atom is 0.224 e. The zero-order chi connectivity index (χ0) is 11.1. The Morgan fingerprint density at radius 2 is 2.33 bits per heavy atom. The highest BCUT2D eigenvalue weighted by Gasteiger charge is 2.01. The second-order valence-corrected chi connectivity index (χ2v) is 4.07. The van der Waals surface area contributed by atoms with E-state index in [9.17, 15) is 4.79 Å². The molecule has 0 saturated carbocycles. The number of methoxy groups -OCH3 is 1. The van der Waals surface area contributed by atoms with Gasteiger partial charge in [-0.05, 0) is 24.6 Å². The van der Waals surface area contributed by atoms with Gasteiger partial charge >= 0.3 is 0 Å². The summed E-state index contributed by atoms with van der Waals surface area (Å²) >= 11 is 3.34. The van der Waals surface area contributed by atoms with E-state index in [1.165, 1.54) is 0 Å². The number of amides is 1. The minimum absolute atomic E-state index is 0.0187. The molecule has 0 unspecified atom stereocenters. The molecule has 0 spiro atoms. The summed E-state index contributed by atoms with van der Waals surface area (Å²) in [5.41, 5.74) is 0.812. The maximum atomic E-state index is 11.4. The summed E-state index contributed by atoms with van der Waals surface area (Å²) in [6, 6.07) is 7.53. The first-order chi connectivity index (χ1) is 7.22. The maximum absolute atomic E-state index is 11.4. The number of nitrogens with one attached hydrogen (secondary N) is 1. The molecule has 1 amide bonds. The lowest BCUT2D eigenvalue weighted by Crippen LogP contribution is -2.11. The summed E-state index contributed by atoms with van der Waals surface area (Å²) in [5.74, 6) is 0.0187. The molecule has 4 heteroatoms. The molecule has 0 aliphatic carbocycles. The van der Waals surface area contributed by atoms with Crippen molar-refractivity contribution >= 4 is 27.5 Å². The molecule has 0 saturated heterocycles. The van der Waals surface area contributed by atoms with Crippen molar-refractivity contribution in [3.63, 3.8) is 0 Å². The summed E-state index contributed by atoms with van der Waals surface area (Å²) in [6.07, 6.45) is 1.23. The Morgan fingerprint density at radius 1 is 1.53 bits per heavy atom. The topological polar surface area (TPSA) is 38.3 Å². The van der Waals surface area contributed by atoms with Crippen molar-refractivity contribution < 1.29 is 9.53 Å². The third-order valence-electron chi connectivity index (χ3n) is 1.86. The Morgan fingerprint density at radius 3 is 3.00 bits per heavy atom. The minimum Gasteiger partial charge on any atom is -0.385 e. The van der Waals surface area contributed by atoms with E-state index in [0.29, 0.717) is 13.0 Å². The van der Waals surface area contributed by atoms with Gasteiger partial charge < -0.3 is 10.1 Å². The fraction of sp³-hybridized carbons (Fsp3) is 0.364. The first-order valence-corrected chi connectivity index (χ1v) is 5.56. The van der Waals surface area contributed by atoms with Crippen LogP contribution in [0.3, 0.4) is 0 Å². The van der Waals surface area contributed by atoms with E-state index in [2.05, 4.69) is 21.2 Å². The number of carbonyl (C=O) groups excluding carboxylic acids is 1. The van der Waals surface area contributed by atoms with E-state index >= 15 is 0 Å². The van der Waals surface area contributed by atoms with Gasteiger partial charge in [0.15, 0.2) is 0 Å². The third kappa shape index (κ3) is 4.95. The zero-order valence-electron chi connectivity index (χ0n) is 8.63. The molecule has 0 radical (unpaired) electrons. The number of carbonyl (C=O) groups is 1. The monoisotopic (exact) mass is 271 g/mol. The highest BCUT2D eigenvalue weighted by molar-refractivity contribution is 9.10. The first-order valence-electron chi connectivity index (χ1n) is 4.76. The van der Waals surface area contributed by atoms with E-state index in [1.54, 1.807) is 7.11 Å². The Hall–Kier alpha value is -0.870. The van der Waals surface area contributed by atoms with Gasteiger partial charge in [-0.2, -0.15) is 0 Å². The number of benzene rings is 1. The molecule has 0 aromatic heterocycles.